The first-order chi connectivity index (χ1) is 8.31. The summed E-state index contributed by atoms with van der Waals surface area (Å²) in [5.74, 6) is 0.802. The maximum atomic E-state index is 5.08. The summed E-state index contributed by atoms with van der Waals surface area (Å²) >= 11 is 0. The number of aryl methyl sites for hydroxylation is 1. The molecule has 4 heteroatoms. The lowest BCUT2D eigenvalue weighted by Crippen LogP contribution is -2.33. The van der Waals surface area contributed by atoms with Gasteiger partial charge in [-0.15, -0.1) is 0 Å². The van der Waals surface area contributed by atoms with Gasteiger partial charge in [0.05, 0.1) is 5.69 Å². The molecule has 2 rings (SSSR count). The summed E-state index contributed by atoms with van der Waals surface area (Å²) in [6.45, 7) is 5.17. The molecule has 2 unspecified atom stereocenters. The Morgan fingerprint density at radius 1 is 1.53 bits per heavy atom. The molecule has 1 aliphatic heterocycles. The number of hydrogen-bond donors (Lipinski definition) is 1. The molecule has 1 saturated heterocycles. The van der Waals surface area contributed by atoms with Crippen LogP contribution >= 0.6 is 0 Å². The topological polar surface area (TPSA) is 39.1 Å². The first kappa shape index (κ1) is 12.6. The van der Waals surface area contributed by atoms with E-state index in [1.807, 2.05) is 6.20 Å². The fourth-order valence-corrected chi connectivity index (χ4v) is 2.44. The van der Waals surface area contributed by atoms with Gasteiger partial charge in [-0.2, -0.15) is 5.10 Å². The van der Waals surface area contributed by atoms with E-state index >= 15 is 0 Å². The maximum absolute atomic E-state index is 5.08. The normalized spacial score (nSPS) is 25.1. The van der Waals surface area contributed by atoms with Crippen LogP contribution in [0.4, 0.5) is 0 Å². The predicted octanol–water partition coefficient (Wildman–Crippen LogP) is 1.98. The van der Waals surface area contributed by atoms with Gasteiger partial charge in [-0.25, -0.2) is 0 Å². The van der Waals surface area contributed by atoms with Crippen molar-refractivity contribution in [2.45, 2.75) is 38.8 Å². The maximum Gasteiger partial charge on any atom is 0.0553 e. The van der Waals surface area contributed by atoms with Crippen molar-refractivity contribution < 1.29 is 4.74 Å². The van der Waals surface area contributed by atoms with Crippen LogP contribution in [0.25, 0.3) is 0 Å². The minimum absolute atomic E-state index is 0.483. The molecular formula is C13H23N3O. The number of nitrogens with one attached hydrogen (secondary N) is 1. The smallest absolute Gasteiger partial charge is 0.0553 e. The van der Waals surface area contributed by atoms with Crippen LogP contribution in [-0.2, 0) is 11.3 Å². The van der Waals surface area contributed by atoms with Crippen molar-refractivity contribution >= 4 is 0 Å². The third-order valence-electron chi connectivity index (χ3n) is 3.49. The number of piperidine rings is 1. The van der Waals surface area contributed by atoms with Crippen molar-refractivity contribution in [3.8, 4) is 0 Å². The van der Waals surface area contributed by atoms with E-state index < -0.39 is 0 Å². The molecule has 1 fully saturated rings. The van der Waals surface area contributed by atoms with E-state index in [1.165, 1.54) is 18.5 Å². The largest absolute Gasteiger partial charge is 0.385 e. The Balaban J connectivity index is 1.93. The van der Waals surface area contributed by atoms with E-state index in [9.17, 15) is 0 Å². The molecule has 96 valence electrons. The van der Waals surface area contributed by atoms with E-state index in [-0.39, 0.29) is 0 Å². The van der Waals surface area contributed by atoms with Gasteiger partial charge in [-0.1, -0.05) is 6.92 Å². The zero-order valence-corrected chi connectivity index (χ0v) is 10.9. The number of aromatic nitrogens is 2. The molecule has 0 spiro atoms. The van der Waals surface area contributed by atoms with Crippen LogP contribution < -0.4 is 5.32 Å². The van der Waals surface area contributed by atoms with E-state index in [4.69, 9.17) is 4.74 Å². The molecule has 0 amide bonds. The summed E-state index contributed by atoms with van der Waals surface area (Å²) in [7, 11) is 1.74. The van der Waals surface area contributed by atoms with Gasteiger partial charge >= 0.3 is 0 Å². The van der Waals surface area contributed by atoms with Crippen LogP contribution in [0.2, 0.25) is 0 Å². The third kappa shape index (κ3) is 3.30. The quantitative estimate of drug-likeness (QED) is 0.796. The van der Waals surface area contributed by atoms with E-state index in [1.54, 1.807) is 7.11 Å². The Bertz CT molecular complexity index is 329. The zero-order chi connectivity index (χ0) is 12.1. The predicted molar refractivity (Wildman–Crippen MR) is 67.9 cm³/mol. The van der Waals surface area contributed by atoms with E-state index in [0.717, 1.165) is 32.0 Å². The van der Waals surface area contributed by atoms with Gasteiger partial charge in [0.15, 0.2) is 0 Å². The Hall–Kier alpha value is -0.870. The lowest BCUT2D eigenvalue weighted by atomic mass is 9.95. The monoisotopic (exact) mass is 237 g/mol. The van der Waals surface area contributed by atoms with Gasteiger partial charge < -0.3 is 10.1 Å². The van der Waals surface area contributed by atoms with Crippen LogP contribution in [0.5, 0.6) is 0 Å². The Morgan fingerprint density at radius 3 is 3.12 bits per heavy atom. The molecule has 4 nitrogen and oxygen atoms in total. The highest BCUT2D eigenvalue weighted by Crippen LogP contribution is 2.25. The molecule has 0 radical (unpaired) electrons. The molecule has 1 aliphatic rings. The molecule has 2 heterocycles. The van der Waals surface area contributed by atoms with Crippen molar-refractivity contribution in [3.63, 3.8) is 0 Å². The average molecular weight is 237 g/mol. The van der Waals surface area contributed by atoms with Crippen LogP contribution in [0.1, 0.15) is 37.9 Å². The van der Waals surface area contributed by atoms with Crippen molar-refractivity contribution in [1.29, 1.82) is 0 Å². The SMILES string of the molecule is COCCCn1nccc1C1CCC(C)CN1. The van der Waals surface area contributed by atoms with Crippen LogP contribution in [0.3, 0.4) is 0 Å². The second-order valence-corrected chi connectivity index (χ2v) is 4.97. The summed E-state index contributed by atoms with van der Waals surface area (Å²) in [4.78, 5) is 0. The summed E-state index contributed by atoms with van der Waals surface area (Å²) < 4.78 is 7.20. The van der Waals surface area contributed by atoms with Crippen molar-refractivity contribution in [1.82, 2.24) is 15.1 Å². The third-order valence-corrected chi connectivity index (χ3v) is 3.49. The summed E-state index contributed by atoms with van der Waals surface area (Å²) in [5.41, 5.74) is 1.33. The minimum atomic E-state index is 0.483. The van der Waals surface area contributed by atoms with Crippen molar-refractivity contribution in [3.05, 3.63) is 18.0 Å². The fourth-order valence-electron chi connectivity index (χ4n) is 2.44. The van der Waals surface area contributed by atoms with E-state index in [0.29, 0.717) is 6.04 Å². The molecule has 1 aromatic rings. The lowest BCUT2D eigenvalue weighted by molar-refractivity contribution is 0.188. The standard InChI is InChI=1S/C13H23N3O/c1-11-4-5-12(14-10-11)13-6-7-15-16(13)8-3-9-17-2/h6-7,11-12,14H,3-5,8-10H2,1-2H3. The number of hydrogen-bond acceptors (Lipinski definition) is 3. The van der Waals surface area contributed by atoms with Crippen LogP contribution in [0.15, 0.2) is 12.3 Å². The highest BCUT2D eigenvalue weighted by atomic mass is 16.5. The van der Waals surface area contributed by atoms with Crippen molar-refractivity contribution in [2.24, 2.45) is 5.92 Å². The van der Waals surface area contributed by atoms with Gasteiger partial charge in [0, 0.05) is 32.5 Å². The second-order valence-electron chi connectivity index (χ2n) is 4.97. The Kier molecular flexibility index (Phi) is 4.57. The number of rotatable bonds is 5. The number of ether oxygens (including phenoxy) is 1. The van der Waals surface area contributed by atoms with Crippen molar-refractivity contribution in [2.75, 3.05) is 20.3 Å². The zero-order valence-electron chi connectivity index (χ0n) is 10.9. The summed E-state index contributed by atoms with van der Waals surface area (Å²) in [6, 6.07) is 2.62. The minimum Gasteiger partial charge on any atom is -0.385 e. The molecule has 1 N–H and O–H groups in total. The van der Waals surface area contributed by atoms with Gasteiger partial charge in [0.25, 0.3) is 0 Å². The molecule has 2 atom stereocenters. The first-order valence-corrected chi connectivity index (χ1v) is 6.55. The molecule has 0 bridgehead atoms. The fraction of sp³-hybridized carbons (Fsp3) is 0.769. The van der Waals surface area contributed by atoms with Gasteiger partial charge in [-0.05, 0) is 37.8 Å². The first-order valence-electron chi connectivity index (χ1n) is 6.55. The van der Waals surface area contributed by atoms with Gasteiger partial charge in [0.1, 0.15) is 0 Å². The Morgan fingerprint density at radius 2 is 2.41 bits per heavy atom. The Labute approximate surface area is 103 Å². The average Bonchev–Trinajstić information content (AvgIpc) is 2.79. The van der Waals surface area contributed by atoms with E-state index in [2.05, 4.69) is 28.1 Å². The molecule has 0 aromatic carbocycles. The summed E-state index contributed by atoms with van der Waals surface area (Å²) in [6.07, 6.45) is 5.45. The highest BCUT2D eigenvalue weighted by molar-refractivity contribution is 5.08. The van der Waals surface area contributed by atoms with Gasteiger partial charge in [0.2, 0.25) is 0 Å². The molecule has 0 saturated carbocycles. The van der Waals surface area contributed by atoms with Gasteiger partial charge in [-0.3, -0.25) is 4.68 Å². The molecular weight excluding hydrogens is 214 g/mol. The lowest BCUT2D eigenvalue weighted by Gasteiger charge is -2.28. The number of methoxy groups -OCH3 is 1. The molecule has 17 heavy (non-hydrogen) atoms. The number of nitrogens with zero attached hydrogens (tertiary/aromatic N) is 2. The van der Waals surface area contributed by atoms with Crippen LogP contribution in [0, 0.1) is 5.92 Å². The molecule has 1 aromatic heterocycles. The van der Waals surface area contributed by atoms with Crippen LogP contribution in [-0.4, -0.2) is 30.0 Å². The molecule has 0 aliphatic carbocycles. The second kappa shape index (κ2) is 6.17. The summed E-state index contributed by atoms with van der Waals surface area (Å²) in [5, 5.41) is 8.01. The highest BCUT2D eigenvalue weighted by Gasteiger charge is 2.21.